The third kappa shape index (κ3) is 3.14. The van der Waals surface area contributed by atoms with E-state index in [-0.39, 0.29) is 17.1 Å². The van der Waals surface area contributed by atoms with Crippen molar-refractivity contribution in [1.82, 2.24) is 9.13 Å². The Kier molecular flexibility index (Phi) is 4.61. The lowest BCUT2D eigenvalue weighted by Crippen LogP contribution is -2.39. The summed E-state index contributed by atoms with van der Waals surface area (Å²) in [6.07, 6.45) is 0. The van der Waals surface area contributed by atoms with Crippen LogP contribution in [0.15, 0.2) is 76.3 Å². The molecule has 140 valence electrons. The van der Waals surface area contributed by atoms with E-state index in [9.17, 15) is 14.0 Å². The molecule has 0 radical (unpaired) electrons. The molecule has 0 N–H and O–H groups in total. The summed E-state index contributed by atoms with van der Waals surface area (Å²) in [5.41, 5.74) is 1.74. The van der Waals surface area contributed by atoms with Gasteiger partial charge in [-0.2, -0.15) is 0 Å². The van der Waals surface area contributed by atoms with Gasteiger partial charge in [0.25, 0.3) is 5.56 Å². The highest BCUT2D eigenvalue weighted by molar-refractivity contribution is 6.31. The Morgan fingerprint density at radius 2 is 1.68 bits per heavy atom. The number of halogens is 2. The molecule has 0 saturated heterocycles. The average molecular weight is 395 g/mol. The van der Waals surface area contributed by atoms with Gasteiger partial charge in [-0.25, -0.2) is 13.8 Å². The second kappa shape index (κ2) is 7.09. The van der Waals surface area contributed by atoms with E-state index < -0.39 is 11.5 Å². The number of aromatic nitrogens is 2. The van der Waals surface area contributed by atoms with Crippen LogP contribution in [0, 0.1) is 12.7 Å². The van der Waals surface area contributed by atoms with Crippen molar-refractivity contribution in [3.63, 3.8) is 0 Å². The van der Waals surface area contributed by atoms with Crippen molar-refractivity contribution < 1.29 is 4.39 Å². The van der Waals surface area contributed by atoms with E-state index in [1.807, 2.05) is 19.1 Å². The molecule has 0 aliphatic heterocycles. The Bertz CT molecular complexity index is 1310. The number of rotatable bonds is 3. The zero-order valence-corrected chi connectivity index (χ0v) is 15.8. The summed E-state index contributed by atoms with van der Waals surface area (Å²) in [4.78, 5) is 26.3. The van der Waals surface area contributed by atoms with Gasteiger partial charge < -0.3 is 0 Å². The van der Waals surface area contributed by atoms with Crippen LogP contribution in [-0.2, 0) is 6.54 Å². The van der Waals surface area contributed by atoms with Crippen LogP contribution in [0.1, 0.15) is 11.1 Å². The Morgan fingerprint density at radius 3 is 2.39 bits per heavy atom. The van der Waals surface area contributed by atoms with Crippen molar-refractivity contribution in [2.75, 3.05) is 0 Å². The minimum Gasteiger partial charge on any atom is -0.288 e. The zero-order chi connectivity index (χ0) is 19.8. The third-order valence-corrected chi connectivity index (χ3v) is 5.04. The topological polar surface area (TPSA) is 44.0 Å². The molecule has 4 rings (SSSR count). The van der Waals surface area contributed by atoms with Gasteiger partial charge in [-0.3, -0.25) is 9.36 Å². The van der Waals surface area contributed by atoms with Crippen LogP contribution in [0.3, 0.4) is 0 Å². The maximum absolute atomic E-state index is 13.4. The van der Waals surface area contributed by atoms with Crippen LogP contribution in [0.2, 0.25) is 5.02 Å². The molecular formula is C22H16ClFN2O2. The minimum atomic E-state index is -0.479. The molecule has 6 heteroatoms. The van der Waals surface area contributed by atoms with Crippen LogP contribution in [0.25, 0.3) is 16.6 Å². The zero-order valence-electron chi connectivity index (χ0n) is 15.0. The molecular weight excluding hydrogens is 379 g/mol. The lowest BCUT2D eigenvalue weighted by Gasteiger charge is -2.15. The second-order valence-corrected chi connectivity index (χ2v) is 7.00. The van der Waals surface area contributed by atoms with E-state index in [4.69, 9.17) is 11.6 Å². The third-order valence-electron chi connectivity index (χ3n) is 4.69. The van der Waals surface area contributed by atoms with Crippen LogP contribution in [0.4, 0.5) is 4.39 Å². The van der Waals surface area contributed by atoms with Crippen molar-refractivity contribution in [1.29, 1.82) is 0 Å². The SMILES string of the molecule is Cc1ccc(-n2c(=O)c3ccccc3n(Cc3ccc(F)cc3Cl)c2=O)cc1. The van der Waals surface area contributed by atoms with Gasteiger partial charge in [-0.05, 0) is 48.9 Å². The summed E-state index contributed by atoms with van der Waals surface area (Å²) in [5, 5.41) is 0.643. The molecule has 1 aromatic heterocycles. The Hall–Kier alpha value is -3.18. The molecule has 0 amide bonds. The number of benzene rings is 3. The maximum Gasteiger partial charge on any atom is 0.336 e. The number of hydrogen-bond acceptors (Lipinski definition) is 2. The van der Waals surface area contributed by atoms with Crippen molar-refractivity contribution in [2.24, 2.45) is 0 Å². The Labute approximate surface area is 165 Å². The molecule has 3 aromatic carbocycles. The smallest absolute Gasteiger partial charge is 0.288 e. The van der Waals surface area contributed by atoms with E-state index in [2.05, 4.69) is 0 Å². The van der Waals surface area contributed by atoms with Gasteiger partial charge in [0.15, 0.2) is 0 Å². The van der Waals surface area contributed by atoms with E-state index in [1.54, 1.807) is 42.5 Å². The summed E-state index contributed by atoms with van der Waals surface area (Å²) in [6, 6.07) is 18.1. The van der Waals surface area contributed by atoms with E-state index in [0.29, 0.717) is 22.2 Å². The highest BCUT2D eigenvalue weighted by Crippen LogP contribution is 2.19. The minimum absolute atomic E-state index is 0.116. The second-order valence-electron chi connectivity index (χ2n) is 6.60. The summed E-state index contributed by atoms with van der Waals surface area (Å²) in [7, 11) is 0. The molecule has 0 aliphatic rings. The Morgan fingerprint density at radius 1 is 0.964 bits per heavy atom. The number of nitrogens with zero attached hydrogens (tertiary/aromatic N) is 2. The summed E-state index contributed by atoms with van der Waals surface area (Å²) < 4.78 is 16.0. The van der Waals surface area contributed by atoms with Crippen molar-refractivity contribution in [3.8, 4) is 5.69 Å². The van der Waals surface area contributed by atoms with Gasteiger partial charge in [-0.1, -0.05) is 47.5 Å². The first-order chi connectivity index (χ1) is 13.5. The molecule has 28 heavy (non-hydrogen) atoms. The fourth-order valence-electron chi connectivity index (χ4n) is 3.22. The van der Waals surface area contributed by atoms with Gasteiger partial charge in [-0.15, -0.1) is 0 Å². The molecule has 4 aromatic rings. The molecule has 0 spiro atoms. The number of para-hydroxylation sites is 1. The summed E-state index contributed by atoms with van der Waals surface area (Å²) in [5.74, 6) is -0.449. The number of hydrogen-bond donors (Lipinski definition) is 0. The normalized spacial score (nSPS) is 11.1. The lowest BCUT2D eigenvalue weighted by atomic mass is 10.2. The van der Waals surface area contributed by atoms with Gasteiger partial charge >= 0.3 is 5.69 Å². The highest BCUT2D eigenvalue weighted by atomic mass is 35.5. The first kappa shape index (κ1) is 18.2. The van der Waals surface area contributed by atoms with Gasteiger partial charge in [0.2, 0.25) is 0 Å². The van der Waals surface area contributed by atoms with Gasteiger partial charge in [0, 0.05) is 5.02 Å². The molecule has 0 fully saturated rings. The van der Waals surface area contributed by atoms with Gasteiger partial charge in [0.1, 0.15) is 5.82 Å². The molecule has 4 nitrogen and oxygen atoms in total. The lowest BCUT2D eigenvalue weighted by molar-refractivity contribution is 0.626. The van der Waals surface area contributed by atoms with Gasteiger partial charge in [0.05, 0.1) is 23.1 Å². The van der Waals surface area contributed by atoms with E-state index in [0.717, 1.165) is 10.1 Å². The van der Waals surface area contributed by atoms with Crippen molar-refractivity contribution >= 4 is 22.5 Å². The predicted molar refractivity (Wildman–Crippen MR) is 109 cm³/mol. The molecule has 0 saturated carbocycles. The maximum atomic E-state index is 13.4. The quantitative estimate of drug-likeness (QED) is 0.520. The molecule has 0 atom stereocenters. The predicted octanol–water partition coefficient (Wildman–Crippen LogP) is 4.30. The average Bonchev–Trinajstić information content (AvgIpc) is 2.68. The van der Waals surface area contributed by atoms with E-state index in [1.165, 1.54) is 16.7 Å². The fourth-order valence-corrected chi connectivity index (χ4v) is 3.44. The first-order valence-electron chi connectivity index (χ1n) is 8.71. The van der Waals surface area contributed by atoms with Crippen LogP contribution < -0.4 is 11.2 Å². The van der Waals surface area contributed by atoms with E-state index >= 15 is 0 Å². The van der Waals surface area contributed by atoms with Crippen molar-refractivity contribution in [2.45, 2.75) is 13.5 Å². The summed E-state index contributed by atoms with van der Waals surface area (Å²) in [6.45, 7) is 2.05. The fraction of sp³-hybridized carbons (Fsp3) is 0.0909. The first-order valence-corrected chi connectivity index (χ1v) is 9.09. The summed E-state index contributed by atoms with van der Waals surface area (Å²) >= 11 is 6.16. The molecule has 0 unspecified atom stereocenters. The van der Waals surface area contributed by atoms with Crippen LogP contribution in [-0.4, -0.2) is 9.13 Å². The molecule has 0 aliphatic carbocycles. The monoisotopic (exact) mass is 394 g/mol. The highest BCUT2D eigenvalue weighted by Gasteiger charge is 2.15. The molecule has 0 bridgehead atoms. The standard InChI is InChI=1S/C22H16ClFN2O2/c1-14-6-10-17(11-7-14)26-21(27)18-4-2-3-5-20(18)25(22(26)28)13-15-8-9-16(24)12-19(15)23/h2-12H,13H2,1H3. The number of aryl methyl sites for hydroxylation is 1. The largest absolute Gasteiger partial charge is 0.336 e. The Balaban J connectivity index is 2.01. The van der Waals surface area contributed by atoms with Crippen molar-refractivity contribution in [3.05, 3.63) is 110 Å². The number of fused-ring (bicyclic) bond motifs is 1. The molecule has 1 heterocycles. The van der Waals surface area contributed by atoms with Crippen LogP contribution >= 0.6 is 11.6 Å². The van der Waals surface area contributed by atoms with Crippen LogP contribution in [0.5, 0.6) is 0 Å².